The van der Waals surface area contributed by atoms with E-state index in [1.165, 1.54) is 6.07 Å². The lowest BCUT2D eigenvalue weighted by Crippen LogP contribution is -2.24. The summed E-state index contributed by atoms with van der Waals surface area (Å²) in [5.74, 6) is 2.22. The molecule has 0 fully saturated rings. The molecule has 84 valence electrons. The quantitative estimate of drug-likeness (QED) is 0.745. The lowest BCUT2D eigenvalue weighted by molar-refractivity contribution is 0.0689. The van der Waals surface area contributed by atoms with Gasteiger partial charge in [-0.2, -0.15) is 0 Å². The molecule has 5 nitrogen and oxygen atoms in total. The van der Waals surface area contributed by atoms with E-state index in [0.717, 1.165) is 0 Å². The van der Waals surface area contributed by atoms with E-state index in [4.69, 9.17) is 11.5 Å². The highest BCUT2D eigenvalue weighted by Crippen LogP contribution is 2.09. The van der Waals surface area contributed by atoms with Crippen LogP contribution in [-0.4, -0.2) is 27.3 Å². The van der Waals surface area contributed by atoms with Crippen molar-refractivity contribution in [3.8, 4) is 12.3 Å². The van der Waals surface area contributed by atoms with Crippen LogP contribution in [-0.2, 0) is 0 Å². The number of carboxylic acids is 1. The van der Waals surface area contributed by atoms with Crippen molar-refractivity contribution < 1.29 is 9.90 Å². The Morgan fingerprint density at radius 1 is 1.50 bits per heavy atom. The number of nitrogens with zero attached hydrogens (tertiary/aromatic N) is 2. The lowest BCUT2D eigenvalue weighted by atomic mass is 10.1. The summed E-state index contributed by atoms with van der Waals surface area (Å²) in [7, 11) is 0. The molecule has 0 aliphatic heterocycles. The van der Waals surface area contributed by atoms with Crippen molar-refractivity contribution in [1.82, 2.24) is 10.2 Å². The summed E-state index contributed by atoms with van der Waals surface area (Å²) in [6, 6.07) is 2.78. The number of carboxylic acid groups (broad SMARTS) is 1. The summed E-state index contributed by atoms with van der Waals surface area (Å²) >= 11 is 0. The molecule has 1 aromatic rings. The smallest absolute Gasteiger partial charge is 0.356 e. The van der Waals surface area contributed by atoms with Gasteiger partial charge in [-0.3, -0.25) is 0 Å². The molecule has 0 radical (unpaired) electrons. The van der Waals surface area contributed by atoms with Gasteiger partial charge >= 0.3 is 5.97 Å². The van der Waals surface area contributed by atoms with Crippen molar-refractivity contribution in [2.45, 2.75) is 19.9 Å². The minimum atomic E-state index is -1.10. The first kappa shape index (κ1) is 12.0. The lowest BCUT2D eigenvalue weighted by Gasteiger charge is -2.16. The van der Waals surface area contributed by atoms with Gasteiger partial charge in [-0.15, -0.1) is 16.6 Å². The molecule has 2 N–H and O–H groups in total. The Morgan fingerprint density at radius 3 is 2.56 bits per heavy atom. The number of aromatic nitrogens is 2. The molecule has 1 rings (SSSR count). The SMILES string of the molecule is C#CC(Nc1ccc(C(=O)O)nn1)C(C)C. The van der Waals surface area contributed by atoms with Crippen molar-refractivity contribution >= 4 is 11.8 Å². The number of anilines is 1. The van der Waals surface area contributed by atoms with Crippen molar-refractivity contribution in [2.75, 3.05) is 5.32 Å². The first-order valence-corrected chi connectivity index (χ1v) is 4.84. The second kappa shape index (κ2) is 5.12. The zero-order valence-electron chi connectivity index (χ0n) is 9.14. The van der Waals surface area contributed by atoms with Crippen molar-refractivity contribution in [1.29, 1.82) is 0 Å². The van der Waals surface area contributed by atoms with Crippen molar-refractivity contribution in [3.63, 3.8) is 0 Å². The molecule has 1 heterocycles. The second-order valence-electron chi connectivity index (χ2n) is 3.64. The average molecular weight is 219 g/mol. The van der Waals surface area contributed by atoms with Crippen LogP contribution in [0.4, 0.5) is 5.82 Å². The van der Waals surface area contributed by atoms with E-state index in [9.17, 15) is 4.79 Å². The predicted molar refractivity (Wildman–Crippen MR) is 60.1 cm³/mol. The topological polar surface area (TPSA) is 75.1 Å². The Hall–Kier alpha value is -2.09. The molecule has 0 aliphatic rings. The number of hydrogen-bond acceptors (Lipinski definition) is 4. The first-order valence-electron chi connectivity index (χ1n) is 4.84. The maximum absolute atomic E-state index is 10.5. The molecule has 0 bridgehead atoms. The summed E-state index contributed by atoms with van der Waals surface area (Å²) < 4.78 is 0. The summed E-state index contributed by atoms with van der Waals surface area (Å²) in [6.07, 6.45) is 5.34. The minimum Gasteiger partial charge on any atom is -0.476 e. The van der Waals surface area contributed by atoms with Crippen LogP contribution in [0.3, 0.4) is 0 Å². The molecule has 1 unspecified atom stereocenters. The van der Waals surface area contributed by atoms with Gasteiger partial charge in [0.2, 0.25) is 0 Å². The number of carbonyl (C=O) groups is 1. The van der Waals surface area contributed by atoms with Crippen LogP contribution in [0.2, 0.25) is 0 Å². The first-order chi connectivity index (χ1) is 7.54. The third-order valence-corrected chi connectivity index (χ3v) is 2.03. The van der Waals surface area contributed by atoms with Gasteiger partial charge in [0.05, 0.1) is 6.04 Å². The van der Waals surface area contributed by atoms with Crippen LogP contribution >= 0.6 is 0 Å². The van der Waals surface area contributed by atoms with Gasteiger partial charge in [-0.25, -0.2) is 4.79 Å². The molecular weight excluding hydrogens is 206 g/mol. The third kappa shape index (κ3) is 2.95. The van der Waals surface area contributed by atoms with E-state index in [0.29, 0.717) is 5.82 Å². The van der Waals surface area contributed by atoms with Gasteiger partial charge in [-0.1, -0.05) is 19.8 Å². The molecule has 0 amide bonds. The van der Waals surface area contributed by atoms with E-state index in [2.05, 4.69) is 21.4 Å². The van der Waals surface area contributed by atoms with E-state index in [1.54, 1.807) is 6.07 Å². The Bertz CT molecular complexity index is 406. The Kier molecular flexibility index (Phi) is 3.84. The van der Waals surface area contributed by atoms with Gasteiger partial charge < -0.3 is 10.4 Å². The molecule has 0 aliphatic carbocycles. The number of aromatic carboxylic acids is 1. The van der Waals surface area contributed by atoms with Gasteiger partial charge in [0.25, 0.3) is 0 Å². The zero-order chi connectivity index (χ0) is 12.1. The van der Waals surface area contributed by atoms with E-state index in [1.807, 2.05) is 13.8 Å². The summed E-state index contributed by atoms with van der Waals surface area (Å²) in [6.45, 7) is 3.97. The highest BCUT2D eigenvalue weighted by molar-refractivity contribution is 5.85. The Morgan fingerprint density at radius 2 is 2.19 bits per heavy atom. The number of terminal acetylenes is 1. The fourth-order valence-electron chi connectivity index (χ4n) is 1.08. The van der Waals surface area contributed by atoms with E-state index >= 15 is 0 Å². The molecular formula is C11H13N3O2. The highest BCUT2D eigenvalue weighted by atomic mass is 16.4. The number of rotatable bonds is 4. The van der Waals surface area contributed by atoms with Gasteiger partial charge in [-0.05, 0) is 18.1 Å². The van der Waals surface area contributed by atoms with E-state index in [-0.39, 0.29) is 17.7 Å². The van der Waals surface area contributed by atoms with Crippen LogP contribution in [0.25, 0.3) is 0 Å². The number of nitrogens with one attached hydrogen (secondary N) is 1. The molecule has 0 spiro atoms. The van der Waals surface area contributed by atoms with Gasteiger partial charge in [0.1, 0.15) is 5.82 Å². The molecule has 0 saturated heterocycles. The van der Waals surface area contributed by atoms with Gasteiger partial charge in [0, 0.05) is 0 Å². The van der Waals surface area contributed by atoms with Crippen LogP contribution in [0.15, 0.2) is 12.1 Å². The normalized spacial score (nSPS) is 11.9. The fourth-order valence-corrected chi connectivity index (χ4v) is 1.08. The number of hydrogen-bond donors (Lipinski definition) is 2. The largest absolute Gasteiger partial charge is 0.476 e. The minimum absolute atomic E-state index is 0.0904. The molecule has 5 heteroatoms. The summed E-state index contributed by atoms with van der Waals surface area (Å²) in [4.78, 5) is 10.5. The zero-order valence-corrected chi connectivity index (χ0v) is 9.14. The third-order valence-electron chi connectivity index (χ3n) is 2.03. The Labute approximate surface area is 93.9 Å². The summed E-state index contributed by atoms with van der Waals surface area (Å²) in [5, 5.41) is 18.9. The van der Waals surface area contributed by atoms with Crippen LogP contribution < -0.4 is 5.32 Å². The van der Waals surface area contributed by atoms with Crippen molar-refractivity contribution in [2.24, 2.45) is 5.92 Å². The van der Waals surface area contributed by atoms with Crippen molar-refractivity contribution in [3.05, 3.63) is 17.8 Å². The highest BCUT2D eigenvalue weighted by Gasteiger charge is 2.11. The van der Waals surface area contributed by atoms with Crippen LogP contribution in [0.1, 0.15) is 24.3 Å². The Balaban J connectivity index is 2.76. The maximum atomic E-state index is 10.5. The fraction of sp³-hybridized carbons (Fsp3) is 0.364. The molecule has 1 aromatic heterocycles. The standard InChI is InChI=1S/C11H13N3O2/c1-4-8(7(2)3)12-10-6-5-9(11(15)16)13-14-10/h1,5-8H,2-3H3,(H,12,14)(H,15,16). The maximum Gasteiger partial charge on any atom is 0.356 e. The molecule has 0 aromatic carbocycles. The second-order valence-corrected chi connectivity index (χ2v) is 3.64. The predicted octanol–water partition coefficient (Wildman–Crippen LogP) is 1.24. The molecule has 16 heavy (non-hydrogen) atoms. The molecule has 0 saturated carbocycles. The monoisotopic (exact) mass is 219 g/mol. The van der Waals surface area contributed by atoms with E-state index < -0.39 is 5.97 Å². The van der Waals surface area contributed by atoms with Gasteiger partial charge in [0.15, 0.2) is 5.69 Å². The van der Waals surface area contributed by atoms with Crippen LogP contribution in [0.5, 0.6) is 0 Å². The average Bonchev–Trinajstić information content (AvgIpc) is 2.26. The van der Waals surface area contributed by atoms with Crippen LogP contribution in [0, 0.1) is 18.3 Å². The molecule has 1 atom stereocenters. The summed E-state index contributed by atoms with van der Waals surface area (Å²) in [5.41, 5.74) is -0.0904.